The van der Waals surface area contributed by atoms with E-state index in [1.54, 1.807) is 28.2 Å². The number of carbonyl (C=O) groups excluding carboxylic acids is 1. The second kappa shape index (κ2) is 7.13. The Kier molecular flexibility index (Phi) is 4.47. The molecule has 0 unspecified atom stereocenters. The summed E-state index contributed by atoms with van der Waals surface area (Å²) in [7, 11) is 0. The fourth-order valence-corrected chi connectivity index (χ4v) is 4.23. The molecule has 0 radical (unpaired) electrons. The Balaban J connectivity index is 1.53. The van der Waals surface area contributed by atoms with Crippen molar-refractivity contribution in [2.24, 2.45) is 5.92 Å². The number of thiophene rings is 1. The summed E-state index contributed by atoms with van der Waals surface area (Å²) in [5.74, 6) is 1.07. The topological polar surface area (TPSA) is 51.0 Å². The highest BCUT2D eigenvalue weighted by atomic mass is 32.1. The average molecular weight is 396 g/mol. The molecule has 2 aliphatic rings. The van der Waals surface area contributed by atoms with Crippen LogP contribution >= 0.6 is 11.3 Å². The van der Waals surface area contributed by atoms with Gasteiger partial charge in [-0.3, -0.25) is 4.79 Å². The van der Waals surface area contributed by atoms with Gasteiger partial charge in [0.25, 0.3) is 5.91 Å². The van der Waals surface area contributed by atoms with Crippen LogP contribution in [0.1, 0.15) is 42.7 Å². The van der Waals surface area contributed by atoms with Gasteiger partial charge in [0.2, 0.25) is 5.82 Å². The first-order valence-corrected chi connectivity index (χ1v) is 10.6. The highest BCUT2D eigenvalue weighted by Gasteiger charge is 2.36. The maximum atomic E-state index is 13.4. The molecule has 0 atom stereocenters. The van der Waals surface area contributed by atoms with E-state index in [4.69, 9.17) is 0 Å². The average Bonchev–Trinajstić information content (AvgIpc) is 3.14. The molecule has 3 aromatic rings. The fraction of sp³-hybridized carbons (Fsp3) is 0.381. The molecule has 2 aliphatic carbocycles. The zero-order valence-corrected chi connectivity index (χ0v) is 16.2. The first kappa shape index (κ1) is 17.6. The van der Waals surface area contributed by atoms with E-state index in [0.717, 1.165) is 24.3 Å². The van der Waals surface area contributed by atoms with Crippen molar-refractivity contribution in [2.75, 3.05) is 6.54 Å². The molecule has 144 valence electrons. The van der Waals surface area contributed by atoms with E-state index in [0.29, 0.717) is 23.5 Å². The lowest BCUT2D eigenvalue weighted by atomic mass is 9.91. The summed E-state index contributed by atoms with van der Waals surface area (Å²) in [5, 5.41) is 6.52. The Labute approximate surface area is 166 Å². The van der Waals surface area contributed by atoms with Crippen molar-refractivity contribution in [2.45, 2.75) is 38.1 Å². The minimum Gasteiger partial charge on any atom is -0.333 e. The van der Waals surface area contributed by atoms with Gasteiger partial charge in [0.15, 0.2) is 5.82 Å². The molecule has 2 saturated carbocycles. The van der Waals surface area contributed by atoms with Crippen molar-refractivity contribution in [3.8, 4) is 16.4 Å². The summed E-state index contributed by atoms with van der Waals surface area (Å²) >= 11 is 1.54. The van der Waals surface area contributed by atoms with Crippen LogP contribution in [-0.2, 0) is 0 Å². The number of aromatic nitrogens is 3. The molecule has 2 fully saturated rings. The van der Waals surface area contributed by atoms with Crippen molar-refractivity contribution in [1.82, 2.24) is 19.7 Å². The second-order valence-electron chi connectivity index (χ2n) is 7.61. The zero-order chi connectivity index (χ0) is 19.1. The van der Waals surface area contributed by atoms with Crippen LogP contribution in [0, 0.1) is 11.7 Å². The predicted octanol–water partition coefficient (Wildman–Crippen LogP) is 4.54. The Morgan fingerprint density at radius 2 is 1.96 bits per heavy atom. The summed E-state index contributed by atoms with van der Waals surface area (Å²) in [5.41, 5.74) is 0.689. The molecular formula is C21H21FN4OS. The lowest BCUT2D eigenvalue weighted by molar-refractivity contribution is 0.0553. The van der Waals surface area contributed by atoms with Crippen LogP contribution in [0.5, 0.6) is 0 Å². The standard InChI is InChI=1S/C21H21FN4OS/c22-15-8-10-17(11-9-15)26-20(18-5-2-12-28-18)23-19(24-26)21(27)25(13-14-6-7-14)16-3-1-4-16/h2,5,8-12,14,16H,1,3-4,6-7,13H2. The van der Waals surface area contributed by atoms with E-state index in [1.165, 1.54) is 31.4 Å². The molecule has 0 bridgehead atoms. The third kappa shape index (κ3) is 3.35. The third-order valence-corrected chi connectivity index (χ3v) is 6.41. The smallest absolute Gasteiger partial charge is 0.293 e. The molecule has 2 heterocycles. The molecule has 5 rings (SSSR count). The summed E-state index contributed by atoms with van der Waals surface area (Å²) < 4.78 is 15.0. The fourth-order valence-electron chi connectivity index (χ4n) is 3.53. The van der Waals surface area contributed by atoms with Crippen molar-refractivity contribution < 1.29 is 9.18 Å². The summed E-state index contributed by atoms with van der Waals surface area (Å²) in [6, 6.07) is 10.3. The van der Waals surface area contributed by atoms with Crippen LogP contribution in [0.4, 0.5) is 4.39 Å². The van der Waals surface area contributed by atoms with Crippen LogP contribution in [0.15, 0.2) is 41.8 Å². The number of hydrogen-bond donors (Lipinski definition) is 0. The van der Waals surface area contributed by atoms with Gasteiger partial charge in [-0.2, -0.15) is 0 Å². The number of benzene rings is 1. The van der Waals surface area contributed by atoms with E-state index >= 15 is 0 Å². The highest BCUT2D eigenvalue weighted by Crippen LogP contribution is 2.34. The minimum atomic E-state index is -0.307. The SMILES string of the molecule is O=C(c1nc(-c2cccs2)n(-c2ccc(F)cc2)n1)N(CC1CC1)C1CCC1. The number of carbonyl (C=O) groups is 1. The van der Waals surface area contributed by atoms with E-state index in [2.05, 4.69) is 10.1 Å². The summed E-state index contributed by atoms with van der Waals surface area (Å²) in [6.07, 6.45) is 5.71. The number of halogens is 1. The minimum absolute atomic E-state index is 0.0877. The highest BCUT2D eigenvalue weighted by molar-refractivity contribution is 7.13. The quantitative estimate of drug-likeness (QED) is 0.615. The van der Waals surface area contributed by atoms with Gasteiger partial charge in [0.05, 0.1) is 10.6 Å². The van der Waals surface area contributed by atoms with E-state index < -0.39 is 0 Å². The van der Waals surface area contributed by atoms with Crippen molar-refractivity contribution in [3.63, 3.8) is 0 Å². The first-order chi connectivity index (χ1) is 13.7. The van der Waals surface area contributed by atoms with Gasteiger partial charge < -0.3 is 4.90 Å². The first-order valence-electron chi connectivity index (χ1n) is 9.77. The molecule has 1 aromatic carbocycles. The summed E-state index contributed by atoms with van der Waals surface area (Å²) in [6.45, 7) is 0.808. The zero-order valence-electron chi connectivity index (χ0n) is 15.4. The number of rotatable bonds is 6. The molecule has 7 heteroatoms. The Morgan fingerprint density at radius 3 is 2.57 bits per heavy atom. The molecule has 0 saturated heterocycles. The lowest BCUT2D eigenvalue weighted by Gasteiger charge is -2.37. The van der Waals surface area contributed by atoms with E-state index in [-0.39, 0.29) is 17.5 Å². The molecular weight excluding hydrogens is 375 g/mol. The second-order valence-corrected chi connectivity index (χ2v) is 8.56. The van der Waals surface area contributed by atoms with Gasteiger partial charge in [0, 0.05) is 12.6 Å². The largest absolute Gasteiger partial charge is 0.333 e. The number of nitrogens with zero attached hydrogens (tertiary/aromatic N) is 4. The van der Waals surface area contributed by atoms with Gasteiger partial charge in [-0.1, -0.05) is 6.07 Å². The molecule has 5 nitrogen and oxygen atoms in total. The molecule has 0 spiro atoms. The molecule has 28 heavy (non-hydrogen) atoms. The van der Waals surface area contributed by atoms with Crippen LogP contribution in [-0.4, -0.2) is 38.2 Å². The number of amides is 1. The summed E-state index contributed by atoms with van der Waals surface area (Å²) in [4.78, 5) is 20.8. The Morgan fingerprint density at radius 1 is 1.18 bits per heavy atom. The Bertz CT molecular complexity index is 975. The molecule has 0 N–H and O–H groups in total. The van der Waals surface area contributed by atoms with E-state index in [9.17, 15) is 9.18 Å². The predicted molar refractivity (Wildman–Crippen MR) is 106 cm³/mol. The normalized spacial score (nSPS) is 16.8. The maximum Gasteiger partial charge on any atom is 0.293 e. The van der Waals surface area contributed by atoms with Crippen LogP contribution in [0.25, 0.3) is 16.4 Å². The lowest BCUT2D eigenvalue weighted by Crippen LogP contribution is -2.45. The molecule has 1 amide bonds. The van der Waals surface area contributed by atoms with Gasteiger partial charge in [-0.15, -0.1) is 16.4 Å². The molecule has 0 aliphatic heterocycles. The van der Waals surface area contributed by atoms with Crippen molar-refractivity contribution >= 4 is 17.2 Å². The third-order valence-electron chi connectivity index (χ3n) is 5.54. The van der Waals surface area contributed by atoms with Crippen LogP contribution < -0.4 is 0 Å². The van der Waals surface area contributed by atoms with Gasteiger partial charge in [0.1, 0.15) is 5.82 Å². The van der Waals surface area contributed by atoms with Gasteiger partial charge >= 0.3 is 0 Å². The van der Waals surface area contributed by atoms with Gasteiger partial charge in [-0.25, -0.2) is 14.1 Å². The maximum absolute atomic E-state index is 13.4. The van der Waals surface area contributed by atoms with Crippen molar-refractivity contribution in [3.05, 3.63) is 53.4 Å². The van der Waals surface area contributed by atoms with E-state index in [1.807, 2.05) is 22.4 Å². The van der Waals surface area contributed by atoms with Crippen LogP contribution in [0.3, 0.4) is 0 Å². The Hall–Kier alpha value is -2.54. The number of hydrogen-bond acceptors (Lipinski definition) is 4. The van der Waals surface area contributed by atoms with Crippen molar-refractivity contribution in [1.29, 1.82) is 0 Å². The van der Waals surface area contributed by atoms with Gasteiger partial charge in [-0.05, 0) is 73.7 Å². The monoisotopic (exact) mass is 396 g/mol. The molecule has 2 aromatic heterocycles. The van der Waals surface area contributed by atoms with Crippen LogP contribution in [0.2, 0.25) is 0 Å².